The van der Waals surface area contributed by atoms with Gasteiger partial charge >= 0.3 is 0 Å². The van der Waals surface area contributed by atoms with Gasteiger partial charge in [-0.15, -0.1) is 0 Å². The number of aldehydes is 1. The molecule has 3 rings (SSSR count). The monoisotopic (exact) mass is 446 g/mol. The van der Waals surface area contributed by atoms with Gasteiger partial charge in [0.2, 0.25) is 6.29 Å². The number of methoxy groups -OCH3 is 1. The van der Waals surface area contributed by atoms with Crippen LogP contribution in [0.1, 0.15) is 10.4 Å². The molecule has 12 heteroatoms. The van der Waals surface area contributed by atoms with E-state index in [1.165, 1.54) is 25.3 Å². The summed E-state index contributed by atoms with van der Waals surface area (Å²) in [5.41, 5.74) is 0.135. The Morgan fingerprint density at radius 3 is 2.39 bits per heavy atom. The Bertz CT molecular complexity index is 745. The number of hydrogen-bond donors (Lipinski definition) is 6. The topological polar surface area (TPSA) is 185 Å². The first-order chi connectivity index (χ1) is 14.8. The van der Waals surface area contributed by atoms with E-state index in [0.717, 1.165) is 0 Å². The lowest BCUT2D eigenvalue weighted by Gasteiger charge is -2.41. The molecule has 0 saturated carbocycles. The third kappa shape index (κ3) is 5.14. The Kier molecular flexibility index (Phi) is 7.80. The predicted molar refractivity (Wildman–Crippen MR) is 99.4 cm³/mol. The highest BCUT2D eigenvalue weighted by Gasteiger charge is 2.46. The van der Waals surface area contributed by atoms with E-state index in [4.69, 9.17) is 23.7 Å². The average molecular weight is 446 g/mol. The Labute approximate surface area is 177 Å². The van der Waals surface area contributed by atoms with E-state index in [2.05, 4.69) is 0 Å². The van der Waals surface area contributed by atoms with E-state index < -0.39 is 61.9 Å². The maximum absolute atomic E-state index is 11.3. The molecule has 0 amide bonds. The van der Waals surface area contributed by atoms with Crippen molar-refractivity contribution in [2.45, 2.75) is 55.3 Å². The number of aliphatic hydroxyl groups is 6. The first kappa shape index (κ1) is 23.8. The molecular weight excluding hydrogens is 420 g/mol. The molecule has 2 heterocycles. The second-order valence-corrected chi connectivity index (χ2v) is 7.24. The molecule has 0 spiro atoms. The van der Waals surface area contributed by atoms with E-state index in [1.54, 1.807) is 0 Å². The normalized spacial score (nSPS) is 38.5. The first-order valence-electron chi connectivity index (χ1n) is 9.53. The zero-order valence-corrected chi connectivity index (χ0v) is 16.6. The van der Waals surface area contributed by atoms with Gasteiger partial charge in [0.1, 0.15) is 54.2 Å². The summed E-state index contributed by atoms with van der Waals surface area (Å²) in [6.45, 7) is -0.706. The summed E-state index contributed by atoms with van der Waals surface area (Å²) in [5.74, 6) is 0.389. The van der Waals surface area contributed by atoms with E-state index in [9.17, 15) is 35.4 Å². The van der Waals surface area contributed by atoms with E-state index in [1.807, 2.05) is 0 Å². The van der Waals surface area contributed by atoms with Gasteiger partial charge in [-0.3, -0.25) is 4.79 Å². The summed E-state index contributed by atoms with van der Waals surface area (Å²) < 4.78 is 26.6. The molecule has 0 aliphatic carbocycles. The SMILES string of the molecule is COc1ccc(C=O)c(O[C@@H]2O[C@H](CO[C@@H]3OC[C@@H](O)[C@H](O)[C@H]3O)[C@@H](O)[C@H](O)[C@H]2O)c1. The van der Waals surface area contributed by atoms with Crippen molar-refractivity contribution in [3.8, 4) is 11.5 Å². The van der Waals surface area contributed by atoms with Crippen LogP contribution in [0.5, 0.6) is 11.5 Å². The van der Waals surface area contributed by atoms with Gasteiger partial charge in [0.25, 0.3) is 0 Å². The second-order valence-electron chi connectivity index (χ2n) is 7.24. The van der Waals surface area contributed by atoms with Crippen LogP contribution in [0.15, 0.2) is 18.2 Å². The molecule has 1 aromatic rings. The van der Waals surface area contributed by atoms with Crippen molar-refractivity contribution in [1.29, 1.82) is 0 Å². The Morgan fingerprint density at radius 2 is 1.71 bits per heavy atom. The molecule has 2 saturated heterocycles. The van der Waals surface area contributed by atoms with Crippen molar-refractivity contribution in [3.05, 3.63) is 23.8 Å². The highest BCUT2D eigenvalue weighted by Crippen LogP contribution is 2.29. The van der Waals surface area contributed by atoms with Crippen LogP contribution in [-0.4, -0.2) is 113 Å². The van der Waals surface area contributed by atoms with Crippen LogP contribution < -0.4 is 9.47 Å². The maximum atomic E-state index is 11.3. The molecular formula is C19H26O12. The van der Waals surface area contributed by atoms with Crippen LogP contribution in [0.3, 0.4) is 0 Å². The number of carbonyl (C=O) groups is 1. The minimum atomic E-state index is -1.68. The molecule has 0 bridgehead atoms. The van der Waals surface area contributed by atoms with Gasteiger partial charge in [-0.05, 0) is 12.1 Å². The quantitative estimate of drug-likeness (QED) is 0.236. The molecule has 174 valence electrons. The van der Waals surface area contributed by atoms with Gasteiger partial charge in [-0.1, -0.05) is 0 Å². The van der Waals surface area contributed by atoms with E-state index >= 15 is 0 Å². The van der Waals surface area contributed by atoms with Crippen LogP contribution in [0.4, 0.5) is 0 Å². The highest BCUT2D eigenvalue weighted by atomic mass is 16.7. The fraction of sp³-hybridized carbons (Fsp3) is 0.632. The van der Waals surface area contributed by atoms with Crippen LogP contribution in [-0.2, 0) is 14.2 Å². The smallest absolute Gasteiger partial charge is 0.229 e. The summed E-state index contributed by atoms with van der Waals surface area (Å²) in [4.78, 5) is 11.3. The van der Waals surface area contributed by atoms with Gasteiger partial charge in [0.05, 0.1) is 25.9 Å². The molecule has 0 unspecified atom stereocenters. The van der Waals surface area contributed by atoms with Crippen LogP contribution in [0, 0.1) is 0 Å². The average Bonchev–Trinajstić information content (AvgIpc) is 2.78. The third-order valence-electron chi connectivity index (χ3n) is 5.14. The van der Waals surface area contributed by atoms with Crippen LogP contribution in [0.2, 0.25) is 0 Å². The van der Waals surface area contributed by atoms with Crippen molar-refractivity contribution < 1.29 is 59.1 Å². The second kappa shape index (κ2) is 10.2. The summed E-state index contributed by atoms with van der Waals surface area (Å²) in [6, 6.07) is 4.36. The van der Waals surface area contributed by atoms with Gasteiger partial charge in [0.15, 0.2) is 12.6 Å². The maximum Gasteiger partial charge on any atom is 0.229 e. The van der Waals surface area contributed by atoms with E-state index in [-0.39, 0.29) is 17.9 Å². The number of benzene rings is 1. The van der Waals surface area contributed by atoms with Crippen LogP contribution >= 0.6 is 0 Å². The van der Waals surface area contributed by atoms with E-state index in [0.29, 0.717) is 12.0 Å². The van der Waals surface area contributed by atoms with Crippen molar-refractivity contribution in [1.82, 2.24) is 0 Å². The van der Waals surface area contributed by atoms with Crippen molar-refractivity contribution in [2.75, 3.05) is 20.3 Å². The Morgan fingerprint density at radius 1 is 1.00 bits per heavy atom. The molecule has 0 aromatic heterocycles. The molecule has 31 heavy (non-hydrogen) atoms. The van der Waals surface area contributed by atoms with Crippen molar-refractivity contribution >= 4 is 6.29 Å². The Balaban J connectivity index is 1.69. The summed E-state index contributed by atoms with van der Waals surface area (Å²) in [5, 5.41) is 59.8. The summed E-state index contributed by atoms with van der Waals surface area (Å²) in [7, 11) is 1.41. The minimum Gasteiger partial charge on any atom is -0.497 e. The molecule has 12 nitrogen and oxygen atoms in total. The molecule has 2 fully saturated rings. The van der Waals surface area contributed by atoms with Crippen LogP contribution in [0.25, 0.3) is 0 Å². The van der Waals surface area contributed by atoms with Gasteiger partial charge in [-0.2, -0.15) is 0 Å². The zero-order valence-electron chi connectivity index (χ0n) is 16.6. The van der Waals surface area contributed by atoms with Gasteiger partial charge in [-0.25, -0.2) is 0 Å². The Hall–Kier alpha value is -1.87. The standard InChI is InChI=1S/C19H26O12/c1-27-9-3-2-8(5-20)11(4-9)30-19-17(26)15(24)14(23)12(31-19)7-29-18-16(25)13(22)10(21)6-28-18/h2-5,10,12-19,21-26H,6-7H2,1H3/t10-,12-,13+,14-,15+,16-,17-,18+,19-/m1/s1. The molecule has 0 radical (unpaired) electrons. The van der Waals surface area contributed by atoms with Gasteiger partial charge in [0, 0.05) is 6.07 Å². The third-order valence-corrected chi connectivity index (χ3v) is 5.14. The lowest BCUT2D eigenvalue weighted by atomic mass is 9.99. The number of ether oxygens (including phenoxy) is 5. The first-order valence-corrected chi connectivity index (χ1v) is 9.53. The predicted octanol–water partition coefficient (Wildman–Crippen LogP) is -2.85. The summed E-state index contributed by atoms with van der Waals surface area (Å²) in [6.07, 6.45) is -12.8. The number of aliphatic hydroxyl groups excluding tert-OH is 6. The lowest BCUT2D eigenvalue weighted by Crippen LogP contribution is -2.61. The fourth-order valence-corrected chi connectivity index (χ4v) is 3.23. The molecule has 2 aliphatic heterocycles. The highest BCUT2D eigenvalue weighted by molar-refractivity contribution is 5.79. The summed E-state index contributed by atoms with van der Waals surface area (Å²) >= 11 is 0. The lowest BCUT2D eigenvalue weighted by molar-refractivity contribution is -0.307. The van der Waals surface area contributed by atoms with Gasteiger partial charge < -0.3 is 54.3 Å². The number of rotatable bonds is 7. The molecule has 1 aromatic carbocycles. The minimum absolute atomic E-state index is 0.0183. The van der Waals surface area contributed by atoms with Crippen molar-refractivity contribution in [3.63, 3.8) is 0 Å². The molecule has 6 N–H and O–H groups in total. The number of carbonyl (C=O) groups excluding carboxylic acids is 1. The number of hydrogen-bond acceptors (Lipinski definition) is 12. The van der Waals surface area contributed by atoms with Crippen molar-refractivity contribution in [2.24, 2.45) is 0 Å². The fourth-order valence-electron chi connectivity index (χ4n) is 3.23. The molecule has 2 aliphatic rings. The zero-order chi connectivity index (χ0) is 22.7. The largest absolute Gasteiger partial charge is 0.497 e. The molecule has 9 atom stereocenters.